The molecule has 0 aliphatic heterocycles. The van der Waals surface area contributed by atoms with Gasteiger partial charge in [-0.05, 0) is 36.6 Å². The van der Waals surface area contributed by atoms with Gasteiger partial charge in [-0.1, -0.05) is 18.2 Å². The molecule has 0 radical (unpaired) electrons. The van der Waals surface area contributed by atoms with E-state index in [9.17, 15) is 4.79 Å². The molecule has 5 heteroatoms. The van der Waals surface area contributed by atoms with Crippen molar-refractivity contribution < 1.29 is 14.6 Å². The molecule has 0 amide bonds. The number of carboxylic acids is 1. The fourth-order valence-corrected chi connectivity index (χ4v) is 1.67. The highest BCUT2D eigenvalue weighted by Gasteiger charge is 2.11. The van der Waals surface area contributed by atoms with E-state index in [1.165, 1.54) is 0 Å². The lowest BCUT2D eigenvalue weighted by molar-refractivity contribution is -0.138. The van der Waals surface area contributed by atoms with Crippen molar-refractivity contribution >= 4 is 5.97 Å². The number of carbonyl (C=O) groups is 1. The van der Waals surface area contributed by atoms with Gasteiger partial charge in [0.05, 0.1) is 0 Å². The minimum atomic E-state index is -1.01. The summed E-state index contributed by atoms with van der Waals surface area (Å²) in [5, 5.41) is 8.76. The largest absolute Gasteiger partial charge is 0.480 e. The van der Waals surface area contributed by atoms with E-state index in [4.69, 9.17) is 15.6 Å². The van der Waals surface area contributed by atoms with Crippen LogP contribution >= 0.6 is 0 Å². The van der Waals surface area contributed by atoms with Gasteiger partial charge >= 0.3 is 5.97 Å². The van der Waals surface area contributed by atoms with Crippen LogP contribution in [0.2, 0.25) is 0 Å². The molecule has 1 unspecified atom stereocenters. The zero-order valence-electron chi connectivity index (χ0n) is 11.1. The van der Waals surface area contributed by atoms with Gasteiger partial charge in [0, 0.05) is 12.3 Å². The Hall–Kier alpha value is -2.40. The van der Waals surface area contributed by atoms with Crippen LogP contribution < -0.4 is 10.5 Å². The maximum Gasteiger partial charge on any atom is 0.320 e. The van der Waals surface area contributed by atoms with Crippen molar-refractivity contribution in [3.8, 4) is 11.6 Å². The zero-order chi connectivity index (χ0) is 14.5. The molecule has 2 rings (SSSR count). The first-order chi connectivity index (χ1) is 9.54. The van der Waals surface area contributed by atoms with Crippen molar-refractivity contribution in [1.82, 2.24) is 4.98 Å². The summed E-state index contributed by atoms with van der Waals surface area (Å²) in [4.78, 5) is 14.8. The van der Waals surface area contributed by atoms with Crippen LogP contribution in [0.25, 0.3) is 0 Å². The summed E-state index contributed by atoms with van der Waals surface area (Å²) < 4.78 is 5.58. The van der Waals surface area contributed by atoms with E-state index in [-0.39, 0.29) is 0 Å². The average Bonchev–Trinajstić information content (AvgIpc) is 2.43. The van der Waals surface area contributed by atoms with Gasteiger partial charge in [0.2, 0.25) is 5.88 Å². The van der Waals surface area contributed by atoms with Crippen LogP contribution in [0.1, 0.15) is 11.1 Å². The van der Waals surface area contributed by atoms with Crippen molar-refractivity contribution in [2.45, 2.75) is 19.4 Å². The first-order valence-electron chi connectivity index (χ1n) is 6.22. The highest BCUT2D eigenvalue weighted by Crippen LogP contribution is 2.20. The molecular weight excluding hydrogens is 256 g/mol. The molecule has 1 aromatic carbocycles. The number of pyridine rings is 1. The Labute approximate surface area is 117 Å². The number of benzene rings is 1. The first-order valence-corrected chi connectivity index (χ1v) is 6.22. The summed E-state index contributed by atoms with van der Waals surface area (Å²) in [6, 6.07) is 9.96. The molecule has 5 nitrogen and oxygen atoms in total. The number of rotatable bonds is 5. The van der Waals surface area contributed by atoms with E-state index in [2.05, 4.69) is 4.98 Å². The van der Waals surface area contributed by atoms with Crippen molar-refractivity contribution in [3.63, 3.8) is 0 Å². The highest BCUT2D eigenvalue weighted by atomic mass is 16.5. The summed E-state index contributed by atoms with van der Waals surface area (Å²) in [5.74, 6) is 0.161. The quantitative estimate of drug-likeness (QED) is 0.871. The molecule has 0 spiro atoms. The molecule has 0 fully saturated rings. The summed E-state index contributed by atoms with van der Waals surface area (Å²) >= 11 is 0. The topological polar surface area (TPSA) is 85.4 Å². The first kappa shape index (κ1) is 14.0. The molecule has 2 aromatic rings. The molecule has 0 aliphatic carbocycles. The standard InChI is InChI=1S/C15H16N2O3/c1-10-2-7-14(17-9-10)20-12-5-3-11(4-6-12)8-13(16)15(18)19/h2-7,9,13H,8,16H2,1H3,(H,18,19). The zero-order valence-corrected chi connectivity index (χ0v) is 11.1. The maximum absolute atomic E-state index is 10.7. The van der Waals surface area contributed by atoms with Gasteiger partial charge in [-0.2, -0.15) is 0 Å². The lowest BCUT2D eigenvalue weighted by Crippen LogP contribution is -2.32. The smallest absolute Gasteiger partial charge is 0.320 e. The summed E-state index contributed by atoms with van der Waals surface area (Å²) in [6.07, 6.45) is 2.02. The van der Waals surface area contributed by atoms with Crippen molar-refractivity contribution in [2.75, 3.05) is 0 Å². The molecule has 0 saturated heterocycles. The van der Waals surface area contributed by atoms with Crippen LogP contribution in [0, 0.1) is 6.92 Å². The van der Waals surface area contributed by atoms with E-state index < -0.39 is 12.0 Å². The second-order valence-electron chi connectivity index (χ2n) is 4.57. The van der Waals surface area contributed by atoms with Crippen molar-refractivity contribution in [2.24, 2.45) is 5.73 Å². The number of aromatic nitrogens is 1. The highest BCUT2D eigenvalue weighted by molar-refractivity contribution is 5.73. The van der Waals surface area contributed by atoms with Crippen LogP contribution in [-0.4, -0.2) is 22.1 Å². The van der Waals surface area contributed by atoms with Crippen LogP contribution in [0.5, 0.6) is 11.6 Å². The Morgan fingerprint density at radius 3 is 2.55 bits per heavy atom. The van der Waals surface area contributed by atoms with Gasteiger partial charge in [-0.15, -0.1) is 0 Å². The van der Waals surface area contributed by atoms with E-state index >= 15 is 0 Å². The summed E-state index contributed by atoms with van der Waals surface area (Å²) in [7, 11) is 0. The number of nitrogens with zero attached hydrogens (tertiary/aromatic N) is 1. The number of nitrogens with two attached hydrogens (primary N) is 1. The second-order valence-corrected chi connectivity index (χ2v) is 4.57. The van der Waals surface area contributed by atoms with Crippen LogP contribution in [0.15, 0.2) is 42.6 Å². The number of hydrogen-bond acceptors (Lipinski definition) is 4. The predicted molar refractivity (Wildman–Crippen MR) is 74.8 cm³/mol. The Morgan fingerprint density at radius 2 is 2.00 bits per heavy atom. The number of hydrogen-bond donors (Lipinski definition) is 2. The van der Waals surface area contributed by atoms with Crippen LogP contribution in [0.4, 0.5) is 0 Å². The maximum atomic E-state index is 10.7. The molecule has 0 bridgehead atoms. The van der Waals surface area contributed by atoms with Crippen LogP contribution in [0.3, 0.4) is 0 Å². The molecule has 104 valence electrons. The third-order valence-corrected chi connectivity index (χ3v) is 2.80. The van der Waals surface area contributed by atoms with Gasteiger partial charge in [-0.3, -0.25) is 4.79 Å². The lowest BCUT2D eigenvalue weighted by Gasteiger charge is -2.08. The number of aryl methyl sites for hydroxylation is 1. The third-order valence-electron chi connectivity index (χ3n) is 2.80. The number of aliphatic carboxylic acids is 1. The van der Waals surface area contributed by atoms with Crippen LogP contribution in [-0.2, 0) is 11.2 Å². The van der Waals surface area contributed by atoms with E-state index in [0.717, 1.165) is 11.1 Å². The molecule has 20 heavy (non-hydrogen) atoms. The van der Waals surface area contributed by atoms with Crippen molar-refractivity contribution in [1.29, 1.82) is 0 Å². The Morgan fingerprint density at radius 1 is 1.30 bits per heavy atom. The summed E-state index contributed by atoms with van der Waals surface area (Å²) in [5.41, 5.74) is 7.40. The fraction of sp³-hybridized carbons (Fsp3) is 0.200. The SMILES string of the molecule is Cc1ccc(Oc2ccc(CC(N)C(=O)O)cc2)nc1. The Kier molecular flexibility index (Phi) is 4.32. The lowest BCUT2D eigenvalue weighted by atomic mass is 10.1. The van der Waals surface area contributed by atoms with Crippen molar-refractivity contribution in [3.05, 3.63) is 53.7 Å². The molecule has 1 heterocycles. The minimum absolute atomic E-state index is 0.290. The fourth-order valence-electron chi connectivity index (χ4n) is 1.67. The van der Waals surface area contributed by atoms with E-state index in [1.807, 2.05) is 13.0 Å². The van der Waals surface area contributed by atoms with E-state index in [0.29, 0.717) is 18.1 Å². The Bertz CT molecular complexity index is 579. The second kappa shape index (κ2) is 6.16. The minimum Gasteiger partial charge on any atom is -0.480 e. The number of ether oxygens (including phenoxy) is 1. The predicted octanol–water partition coefficient (Wildman–Crippen LogP) is 2.14. The average molecular weight is 272 g/mol. The monoisotopic (exact) mass is 272 g/mol. The van der Waals surface area contributed by atoms with Gasteiger partial charge in [0.1, 0.15) is 11.8 Å². The normalized spacial score (nSPS) is 11.9. The molecular formula is C15H16N2O3. The number of carboxylic acid groups (broad SMARTS) is 1. The van der Waals surface area contributed by atoms with Gasteiger partial charge in [-0.25, -0.2) is 4.98 Å². The third kappa shape index (κ3) is 3.80. The Balaban J connectivity index is 2.01. The molecule has 0 aliphatic rings. The van der Waals surface area contributed by atoms with Gasteiger partial charge in [0.15, 0.2) is 0 Å². The molecule has 1 aromatic heterocycles. The molecule has 3 N–H and O–H groups in total. The van der Waals surface area contributed by atoms with Gasteiger partial charge < -0.3 is 15.6 Å². The summed E-state index contributed by atoms with van der Waals surface area (Å²) in [6.45, 7) is 1.96. The molecule has 1 atom stereocenters. The van der Waals surface area contributed by atoms with E-state index in [1.54, 1.807) is 36.5 Å². The molecule has 0 saturated carbocycles. The van der Waals surface area contributed by atoms with Gasteiger partial charge in [0.25, 0.3) is 0 Å².